The predicted molar refractivity (Wildman–Crippen MR) is 119 cm³/mol. The minimum Gasteiger partial charge on any atom is -0.481 e. The van der Waals surface area contributed by atoms with E-state index in [1.807, 2.05) is 0 Å². The lowest BCUT2D eigenvalue weighted by Crippen LogP contribution is -2.05. The summed E-state index contributed by atoms with van der Waals surface area (Å²) < 4.78 is 0. The van der Waals surface area contributed by atoms with E-state index in [1.165, 1.54) is 122 Å². The highest BCUT2D eigenvalue weighted by molar-refractivity contribution is 5.66. The van der Waals surface area contributed by atoms with Gasteiger partial charge in [-0.2, -0.15) is 0 Å². The van der Waals surface area contributed by atoms with E-state index >= 15 is 0 Å². The first-order valence-electron chi connectivity index (χ1n) is 12.4. The highest BCUT2D eigenvalue weighted by Gasteiger charge is 2.10. The predicted octanol–water partition coefficient (Wildman–Crippen LogP) is 8.92. The number of hydrogen-bond donors (Lipinski definition) is 1. The van der Waals surface area contributed by atoms with Crippen molar-refractivity contribution >= 4 is 5.97 Å². The van der Waals surface area contributed by atoms with Crippen LogP contribution in [0.4, 0.5) is 0 Å². The Morgan fingerprint density at radius 3 is 1.33 bits per heavy atom. The summed E-state index contributed by atoms with van der Waals surface area (Å²) in [6.45, 7) is 4.51. The molecular weight excluding hydrogens is 332 g/mol. The van der Waals surface area contributed by atoms with Crippen molar-refractivity contribution in [3.63, 3.8) is 0 Å². The van der Waals surface area contributed by atoms with Crippen molar-refractivity contribution in [2.45, 2.75) is 149 Å². The van der Waals surface area contributed by atoms with Gasteiger partial charge in [-0.15, -0.1) is 0 Å². The van der Waals surface area contributed by atoms with E-state index in [0.717, 1.165) is 6.42 Å². The molecule has 0 aliphatic heterocycles. The standard InChI is InChI=1S/C25H50O2/c1-3-5-7-8-9-10-11-12-13-14-15-16-17-18-19-21-24(20-6-4-2)22-23-25(26)27/h24H,3-23H2,1-2H3,(H,26,27)/t24-/m1/s1. The van der Waals surface area contributed by atoms with Crippen LogP contribution in [0.1, 0.15) is 149 Å². The number of carbonyl (C=O) groups is 1. The number of hydrogen-bond acceptors (Lipinski definition) is 1. The van der Waals surface area contributed by atoms with Crippen molar-refractivity contribution in [3.8, 4) is 0 Å². The maximum absolute atomic E-state index is 10.8. The summed E-state index contributed by atoms with van der Waals surface area (Å²) in [6, 6.07) is 0. The van der Waals surface area contributed by atoms with Crippen molar-refractivity contribution in [2.75, 3.05) is 0 Å². The van der Waals surface area contributed by atoms with Crippen molar-refractivity contribution in [2.24, 2.45) is 5.92 Å². The number of rotatable bonds is 22. The Bertz CT molecular complexity index is 301. The fourth-order valence-corrected chi connectivity index (χ4v) is 4.06. The lowest BCUT2D eigenvalue weighted by molar-refractivity contribution is -0.137. The van der Waals surface area contributed by atoms with Gasteiger partial charge in [-0.05, 0) is 12.3 Å². The molecule has 0 rings (SSSR count). The first kappa shape index (κ1) is 26.5. The molecule has 0 bridgehead atoms. The van der Waals surface area contributed by atoms with E-state index in [-0.39, 0.29) is 0 Å². The normalized spacial score (nSPS) is 12.4. The summed E-state index contributed by atoms with van der Waals surface area (Å²) in [5.74, 6) is 0.0102. The Hall–Kier alpha value is -0.530. The van der Waals surface area contributed by atoms with Crippen LogP contribution in [0.25, 0.3) is 0 Å². The van der Waals surface area contributed by atoms with Crippen LogP contribution < -0.4 is 0 Å². The number of carboxylic acids is 1. The molecule has 0 saturated heterocycles. The first-order chi connectivity index (χ1) is 13.2. The van der Waals surface area contributed by atoms with Crippen LogP contribution in [0.2, 0.25) is 0 Å². The molecule has 162 valence electrons. The van der Waals surface area contributed by atoms with Crippen molar-refractivity contribution < 1.29 is 9.90 Å². The zero-order valence-electron chi connectivity index (χ0n) is 18.8. The third-order valence-electron chi connectivity index (χ3n) is 5.95. The summed E-state index contributed by atoms with van der Waals surface area (Å²) in [7, 11) is 0. The topological polar surface area (TPSA) is 37.3 Å². The van der Waals surface area contributed by atoms with Gasteiger partial charge >= 0.3 is 5.97 Å². The van der Waals surface area contributed by atoms with Crippen LogP contribution in [-0.2, 0) is 4.79 Å². The SMILES string of the molecule is CCCCCCCCCCCCCCCCC[C@@H](CCCC)CCC(=O)O. The minimum atomic E-state index is -0.631. The third kappa shape index (κ3) is 21.6. The van der Waals surface area contributed by atoms with Crippen molar-refractivity contribution in [1.29, 1.82) is 0 Å². The van der Waals surface area contributed by atoms with Gasteiger partial charge in [0.05, 0.1) is 0 Å². The average molecular weight is 383 g/mol. The molecule has 0 aliphatic rings. The summed E-state index contributed by atoms with van der Waals surface area (Å²) in [4.78, 5) is 10.8. The monoisotopic (exact) mass is 382 g/mol. The zero-order chi connectivity index (χ0) is 20.0. The molecule has 0 aromatic carbocycles. The molecular formula is C25H50O2. The van der Waals surface area contributed by atoms with Gasteiger partial charge in [0, 0.05) is 6.42 Å². The number of unbranched alkanes of at least 4 members (excludes halogenated alkanes) is 15. The molecule has 27 heavy (non-hydrogen) atoms. The van der Waals surface area contributed by atoms with E-state index in [9.17, 15) is 4.79 Å². The molecule has 0 aromatic rings. The van der Waals surface area contributed by atoms with E-state index in [2.05, 4.69) is 13.8 Å². The molecule has 0 saturated carbocycles. The Morgan fingerprint density at radius 1 is 0.556 bits per heavy atom. The highest BCUT2D eigenvalue weighted by atomic mass is 16.4. The van der Waals surface area contributed by atoms with Crippen LogP contribution in [0, 0.1) is 5.92 Å². The second kappa shape index (κ2) is 21.8. The fraction of sp³-hybridized carbons (Fsp3) is 0.960. The van der Waals surface area contributed by atoms with Crippen LogP contribution >= 0.6 is 0 Å². The first-order valence-corrected chi connectivity index (χ1v) is 12.4. The molecule has 2 nitrogen and oxygen atoms in total. The van der Waals surface area contributed by atoms with Gasteiger partial charge in [0.2, 0.25) is 0 Å². The van der Waals surface area contributed by atoms with Crippen molar-refractivity contribution in [3.05, 3.63) is 0 Å². The lowest BCUT2D eigenvalue weighted by atomic mass is 9.91. The second-order valence-electron chi connectivity index (χ2n) is 8.68. The van der Waals surface area contributed by atoms with Gasteiger partial charge in [0.25, 0.3) is 0 Å². The Kier molecular flexibility index (Phi) is 21.3. The molecule has 0 aliphatic carbocycles. The van der Waals surface area contributed by atoms with E-state index in [1.54, 1.807) is 0 Å². The van der Waals surface area contributed by atoms with E-state index in [0.29, 0.717) is 12.3 Å². The van der Waals surface area contributed by atoms with Gasteiger partial charge in [0.15, 0.2) is 0 Å². The zero-order valence-corrected chi connectivity index (χ0v) is 18.8. The van der Waals surface area contributed by atoms with E-state index < -0.39 is 5.97 Å². The largest absolute Gasteiger partial charge is 0.481 e. The number of aliphatic carboxylic acids is 1. The molecule has 0 fully saturated rings. The second-order valence-corrected chi connectivity index (χ2v) is 8.68. The van der Waals surface area contributed by atoms with Gasteiger partial charge in [-0.1, -0.05) is 136 Å². The smallest absolute Gasteiger partial charge is 0.303 e. The maximum Gasteiger partial charge on any atom is 0.303 e. The Labute approximate surface area is 170 Å². The van der Waals surface area contributed by atoms with Crippen molar-refractivity contribution in [1.82, 2.24) is 0 Å². The molecule has 2 heteroatoms. The van der Waals surface area contributed by atoms with Gasteiger partial charge in [-0.25, -0.2) is 0 Å². The summed E-state index contributed by atoms with van der Waals surface area (Å²) >= 11 is 0. The molecule has 0 aromatic heterocycles. The average Bonchev–Trinajstić information content (AvgIpc) is 2.66. The fourth-order valence-electron chi connectivity index (χ4n) is 4.06. The molecule has 0 radical (unpaired) electrons. The summed E-state index contributed by atoms with van der Waals surface area (Å²) in [6.07, 6.45) is 27.3. The summed E-state index contributed by atoms with van der Waals surface area (Å²) in [5, 5.41) is 8.89. The molecule has 0 heterocycles. The molecule has 0 unspecified atom stereocenters. The lowest BCUT2D eigenvalue weighted by Gasteiger charge is -2.15. The maximum atomic E-state index is 10.8. The Morgan fingerprint density at radius 2 is 0.926 bits per heavy atom. The molecule has 0 spiro atoms. The Balaban J connectivity index is 3.35. The van der Waals surface area contributed by atoms with Gasteiger partial charge in [0.1, 0.15) is 0 Å². The molecule has 0 amide bonds. The molecule has 1 N–H and O–H groups in total. The third-order valence-corrected chi connectivity index (χ3v) is 5.95. The van der Waals surface area contributed by atoms with Crippen LogP contribution in [-0.4, -0.2) is 11.1 Å². The van der Waals surface area contributed by atoms with E-state index in [4.69, 9.17) is 5.11 Å². The minimum absolute atomic E-state index is 0.354. The van der Waals surface area contributed by atoms with Crippen LogP contribution in [0.3, 0.4) is 0 Å². The quantitative estimate of drug-likeness (QED) is 0.190. The van der Waals surface area contributed by atoms with Gasteiger partial charge < -0.3 is 5.11 Å². The summed E-state index contributed by atoms with van der Waals surface area (Å²) in [5.41, 5.74) is 0. The van der Waals surface area contributed by atoms with Gasteiger partial charge in [-0.3, -0.25) is 4.79 Å². The number of carboxylic acid groups (broad SMARTS) is 1. The molecule has 1 atom stereocenters. The van der Waals surface area contributed by atoms with Crippen LogP contribution in [0.15, 0.2) is 0 Å². The van der Waals surface area contributed by atoms with Crippen LogP contribution in [0.5, 0.6) is 0 Å². The highest BCUT2D eigenvalue weighted by Crippen LogP contribution is 2.22.